The molecule has 5 nitrogen and oxygen atoms in total. The monoisotopic (exact) mass is 494 g/mol. The number of halogens is 1. The molecule has 1 fully saturated rings. The van der Waals surface area contributed by atoms with Crippen LogP contribution in [-0.4, -0.2) is 54.0 Å². The van der Waals surface area contributed by atoms with Crippen LogP contribution in [0.4, 0.5) is 5.69 Å². The van der Waals surface area contributed by atoms with Crippen molar-refractivity contribution in [1.82, 2.24) is 4.90 Å². The molecular formula is C29H35ClN2O3. The molecule has 0 amide bonds. The van der Waals surface area contributed by atoms with Crippen LogP contribution < -0.4 is 9.64 Å². The van der Waals surface area contributed by atoms with Crippen molar-refractivity contribution >= 4 is 17.3 Å². The number of hydrogen-bond donors (Lipinski definition) is 2. The summed E-state index contributed by atoms with van der Waals surface area (Å²) in [6.45, 7) is 8.58. The lowest BCUT2D eigenvalue weighted by atomic mass is 9.92. The summed E-state index contributed by atoms with van der Waals surface area (Å²) in [6, 6.07) is 24.6. The number of piperazine rings is 1. The van der Waals surface area contributed by atoms with E-state index in [4.69, 9.17) is 21.4 Å². The van der Waals surface area contributed by atoms with E-state index in [-0.39, 0.29) is 25.3 Å². The average molecular weight is 495 g/mol. The summed E-state index contributed by atoms with van der Waals surface area (Å²) < 4.78 is 5.55. The normalized spacial score (nSPS) is 20.5. The van der Waals surface area contributed by atoms with Gasteiger partial charge in [-0.25, -0.2) is 0 Å². The Labute approximate surface area is 213 Å². The molecule has 0 spiro atoms. The van der Waals surface area contributed by atoms with Gasteiger partial charge in [-0.05, 0) is 68.3 Å². The Kier molecular flexibility index (Phi) is 8.02. The second kappa shape index (κ2) is 11.0. The molecule has 35 heavy (non-hydrogen) atoms. The Hall–Kier alpha value is -2.57. The number of aryl methyl sites for hydroxylation is 1. The highest BCUT2D eigenvalue weighted by atomic mass is 35.5. The van der Waals surface area contributed by atoms with Crippen molar-refractivity contribution in [3.63, 3.8) is 0 Å². The summed E-state index contributed by atoms with van der Waals surface area (Å²) in [4.78, 5) is 4.80. The van der Waals surface area contributed by atoms with Crippen LogP contribution in [0, 0.1) is 6.92 Å². The van der Waals surface area contributed by atoms with Crippen molar-refractivity contribution in [2.45, 2.75) is 38.5 Å². The molecule has 186 valence electrons. The van der Waals surface area contributed by atoms with E-state index in [2.05, 4.69) is 60.0 Å². The SMILES string of the molecule is Cc1ccc([C@](C)(O)CN2C[C@@H](c3ccc(Cl)cc3)N(c3ccc(OCCO)cc3)C[C@H]2C)cc1. The summed E-state index contributed by atoms with van der Waals surface area (Å²) in [6.07, 6.45) is 0. The van der Waals surface area contributed by atoms with Crippen molar-refractivity contribution in [3.05, 3.63) is 94.5 Å². The number of rotatable bonds is 8. The Balaban J connectivity index is 1.59. The molecule has 1 heterocycles. The second-order valence-electron chi connectivity index (χ2n) is 9.70. The summed E-state index contributed by atoms with van der Waals surface area (Å²) in [5, 5.41) is 21.2. The highest BCUT2D eigenvalue weighted by Gasteiger charge is 2.36. The van der Waals surface area contributed by atoms with E-state index >= 15 is 0 Å². The van der Waals surface area contributed by atoms with Crippen molar-refractivity contribution in [3.8, 4) is 5.75 Å². The van der Waals surface area contributed by atoms with Gasteiger partial charge in [-0.15, -0.1) is 0 Å². The number of β-amino-alcohol motifs (C(OH)–C–C–N with tert-alkyl or cyclic N) is 1. The van der Waals surface area contributed by atoms with E-state index in [0.717, 1.165) is 30.1 Å². The first-order valence-corrected chi connectivity index (χ1v) is 12.5. The van der Waals surface area contributed by atoms with Gasteiger partial charge in [0, 0.05) is 36.4 Å². The molecule has 0 aliphatic carbocycles. The first-order valence-electron chi connectivity index (χ1n) is 12.2. The van der Waals surface area contributed by atoms with Crippen molar-refractivity contribution < 1.29 is 14.9 Å². The van der Waals surface area contributed by atoms with Crippen molar-refractivity contribution in [2.24, 2.45) is 0 Å². The molecule has 2 N–H and O–H groups in total. The van der Waals surface area contributed by atoms with Crippen LogP contribution in [0.25, 0.3) is 0 Å². The molecule has 3 atom stereocenters. The van der Waals surface area contributed by atoms with Gasteiger partial charge < -0.3 is 19.8 Å². The van der Waals surface area contributed by atoms with Gasteiger partial charge in [-0.1, -0.05) is 53.6 Å². The van der Waals surface area contributed by atoms with Crippen molar-refractivity contribution in [2.75, 3.05) is 37.7 Å². The molecule has 1 aliphatic heterocycles. The second-order valence-corrected chi connectivity index (χ2v) is 10.1. The zero-order chi connectivity index (χ0) is 25.0. The smallest absolute Gasteiger partial charge is 0.119 e. The van der Waals surface area contributed by atoms with Gasteiger partial charge in [0.1, 0.15) is 12.4 Å². The molecule has 6 heteroatoms. The van der Waals surface area contributed by atoms with E-state index in [0.29, 0.717) is 11.6 Å². The highest BCUT2D eigenvalue weighted by molar-refractivity contribution is 6.30. The summed E-state index contributed by atoms with van der Waals surface area (Å²) in [7, 11) is 0. The van der Waals surface area contributed by atoms with Crippen LogP contribution in [0.3, 0.4) is 0 Å². The minimum atomic E-state index is -0.958. The maximum Gasteiger partial charge on any atom is 0.119 e. The Morgan fingerprint density at radius 3 is 2.26 bits per heavy atom. The lowest BCUT2D eigenvalue weighted by molar-refractivity contribution is -0.00369. The number of aliphatic hydroxyl groups is 2. The van der Waals surface area contributed by atoms with Crippen molar-refractivity contribution in [1.29, 1.82) is 0 Å². The molecule has 0 aromatic heterocycles. The third-order valence-corrected chi connectivity index (χ3v) is 7.09. The predicted molar refractivity (Wildman–Crippen MR) is 142 cm³/mol. The number of ether oxygens (including phenoxy) is 1. The van der Waals surface area contributed by atoms with Gasteiger partial charge in [0.25, 0.3) is 0 Å². The zero-order valence-corrected chi connectivity index (χ0v) is 21.4. The van der Waals surface area contributed by atoms with E-state index < -0.39 is 5.60 Å². The maximum atomic E-state index is 11.4. The van der Waals surface area contributed by atoms with E-state index in [1.54, 1.807) is 0 Å². The van der Waals surface area contributed by atoms with E-state index in [9.17, 15) is 5.11 Å². The molecule has 1 saturated heterocycles. The third kappa shape index (κ3) is 6.17. The number of hydrogen-bond acceptors (Lipinski definition) is 5. The highest BCUT2D eigenvalue weighted by Crippen LogP contribution is 2.35. The fourth-order valence-electron chi connectivity index (χ4n) is 4.80. The Morgan fingerprint density at radius 1 is 0.971 bits per heavy atom. The van der Waals surface area contributed by atoms with Gasteiger partial charge >= 0.3 is 0 Å². The quantitative estimate of drug-likeness (QED) is 0.452. The number of anilines is 1. The van der Waals surface area contributed by atoms with Gasteiger partial charge in [-0.2, -0.15) is 0 Å². The first kappa shape index (κ1) is 25.5. The van der Waals surface area contributed by atoms with E-state index in [1.807, 2.05) is 43.3 Å². The fourth-order valence-corrected chi connectivity index (χ4v) is 4.93. The summed E-state index contributed by atoms with van der Waals surface area (Å²) in [5.41, 5.74) is 3.45. The van der Waals surface area contributed by atoms with Crippen LogP contribution in [0.2, 0.25) is 5.02 Å². The first-order chi connectivity index (χ1) is 16.8. The van der Waals surface area contributed by atoms with Gasteiger partial charge in [0.2, 0.25) is 0 Å². The molecular weight excluding hydrogens is 460 g/mol. The zero-order valence-electron chi connectivity index (χ0n) is 20.7. The van der Waals surface area contributed by atoms with Gasteiger partial charge in [0.15, 0.2) is 0 Å². The minimum Gasteiger partial charge on any atom is -0.491 e. The van der Waals surface area contributed by atoms with Crippen LogP contribution in [-0.2, 0) is 5.60 Å². The van der Waals surface area contributed by atoms with Gasteiger partial charge in [0.05, 0.1) is 18.2 Å². The van der Waals surface area contributed by atoms with Crippen LogP contribution in [0.15, 0.2) is 72.8 Å². The van der Waals surface area contributed by atoms with Gasteiger partial charge in [-0.3, -0.25) is 4.90 Å². The van der Waals surface area contributed by atoms with E-state index in [1.165, 1.54) is 11.1 Å². The average Bonchev–Trinajstić information content (AvgIpc) is 2.85. The summed E-state index contributed by atoms with van der Waals surface area (Å²) >= 11 is 6.19. The maximum absolute atomic E-state index is 11.4. The topological polar surface area (TPSA) is 56.2 Å². The standard InChI is InChI=1S/C29H35ClN2O3/c1-21-4-8-24(9-5-21)29(3,34)20-31-19-28(23-6-10-25(30)11-7-23)32(18-22(31)2)26-12-14-27(15-13-26)35-17-16-33/h4-15,22,28,33-34H,16-20H2,1-3H3/t22-,28+,29-/m1/s1. The molecule has 0 unspecified atom stereocenters. The fraction of sp³-hybridized carbons (Fsp3) is 0.379. The van der Waals surface area contributed by atoms with Crippen LogP contribution in [0.1, 0.15) is 36.6 Å². The number of benzene rings is 3. The summed E-state index contributed by atoms with van der Waals surface area (Å²) in [5.74, 6) is 0.742. The number of nitrogens with zero attached hydrogens (tertiary/aromatic N) is 2. The number of aliphatic hydroxyl groups excluding tert-OH is 1. The largest absolute Gasteiger partial charge is 0.491 e. The third-order valence-electron chi connectivity index (χ3n) is 6.84. The molecule has 0 radical (unpaired) electrons. The molecule has 4 rings (SSSR count). The Morgan fingerprint density at radius 2 is 1.63 bits per heavy atom. The van der Waals surface area contributed by atoms with Crippen LogP contribution in [0.5, 0.6) is 5.75 Å². The lowest BCUT2D eigenvalue weighted by Gasteiger charge is -2.48. The minimum absolute atomic E-state index is 0.00771. The molecule has 0 bridgehead atoms. The molecule has 0 saturated carbocycles. The molecule has 3 aromatic carbocycles. The molecule has 1 aliphatic rings. The van der Waals surface area contributed by atoms with Crippen LogP contribution >= 0.6 is 11.6 Å². The predicted octanol–water partition coefficient (Wildman–Crippen LogP) is 5.18. The lowest BCUT2D eigenvalue weighted by Crippen LogP contribution is -2.56. The Bertz CT molecular complexity index is 1080. The molecule has 3 aromatic rings.